The zero-order chi connectivity index (χ0) is 20.2. The highest BCUT2D eigenvalue weighted by molar-refractivity contribution is 6.30. The van der Waals surface area contributed by atoms with Gasteiger partial charge in [-0.05, 0) is 48.5 Å². The Kier molecular flexibility index (Phi) is 5.31. The second kappa shape index (κ2) is 8.20. The number of nitrogens with one attached hydrogen (secondary N) is 1. The number of rotatable bonds is 6. The van der Waals surface area contributed by atoms with E-state index in [4.69, 9.17) is 11.6 Å². The molecule has 0 fully saturated rings. The van der Waals surface area contributed by atoms with Crippen molar-refractivity contribution in [3.63, 3.8) is 0 Å². The van der Waals surface area contributed by atoms with E-state index in [1.165, 1.54) is 6.33 Å². The fraction of sp³-hybridized carbons (Fsp3) is 0.0952. The van der Waals surface area contributed by atoms with E-state index in [0.29, 0.717) is 21.9 Å². The molecule has 2 aromatic heterocycles. The van der Waals surface area contributed by atoms with Gasteiger partial charge in [-0.15, -0.1) is 10.2 Å². The van der Waals surface area contributed by atoms with Crippen molar-refractivity contribution in [2.75, 3.05) is 5.32 Å². The minimum Gasteiger partial charge on any atom is -0.326 e. The molecule has 2 aromatic carbocycles. The Balaban J connectivity index is 1.40. The molecule has 4 rings (SSSR count). The monoisotopic (exact) mass is 405 g/mol. The molecule has 0 aliphatic heterocycles. The van der Waals surface area contributed by atoms with Gasteiger partial charge in [-0.25, -0.2) is 0 Å². The third-order valence-electron chi connectivity index (χ3n) is 4.35. The van der Waals surface area contributed by atoms with Gasteiger partial charge in [0.25, 0.3) is 0 Å². The first-order valence-corrected chi connectivity index (χ1v) is 9.32. The maximum atomic E-state index is 12.3. The van der Waals surface area contributed by atoms with Gasteiger partial charge in [-0.3, -0.25) is 9.59 Å². The zero-order valence-corrected chi connectivity index (χ0v) is 16.0. The number of halogens is 1. The minimum absolute atomic E-state index is 0.0939. The molecule has 29 heavy (non-hydrogen) atoms. The summed E-state index contributed by atoms with van der Waals surface area (Å²) in [6, 6.07) is 17.7. The number of hydrogen-bond donors (Lipinski definition) is 1. The average Bonchev–Trinajstić information content (AvgIpc) is 3.20. The van der Waals surface area contributed by atoms with Crippen molar-refractivity contribution in [2.24, 2.45) is 0 Å². The Morgan fingerprint density at radius 3 is 2.66 bits per heavy atom. The maximum Gasteiger partial charge on any atom is 0.224 e. The van der Waals surface area contributed by atoms with E-state index in [1.54, 1.807) is 34.8 Å². The molecular formula is C21H16ClN5O2. The molecule has 0 saturated heterocycles. The molecule has 0 spiro atoms. The second-order valence-corrected chi connectivity index (χ2v) is 6.85. The average molecular weight is 406 g/mol. The zero-order valence-electron chi connectivity index (χ0n) is 15.2. The van der Waals surface area contributed by atoms with Crippen LogP contribution in [-0.4, -0.2) is 31.5 Å². The van der Waals surface area contributed by atoms with Crippen LogP contribution in [0, 0.1) is 0 Å². The molecule has 0 unspecified atom stereocenters. The van der Waals surface area contributed by atoms with Gasteiger partial charge in [0.2, 0.25) is 5.91 Å². The molecule has 8 heteroatoms. The van der Waals surface area contributed by atoms with E-state index in [2.05, 4.69) is 20.6 Å². The number of ketones is 1. The summed E-state index contributed by atoms with van der Waals surface area (Å²) in [6.07, 6.45) is 1.75. The highest BCUT2D eigenvalue weighted by atomic mass is 35.5. The van der Waals surface area contributed by atoms with Gasteiger partial charge >= 0.3 is 0 Å². The first-order chi connectivity index (χ1) is 14.1. The SMILES string of the molecule is O=C(CCC(=O)c1ccc(Cl)cc1)Nc1cccc(-c2ccc3nncn3n2)c1. The van der Waals surface area contributed by atoms with Crippen molar-refractivity contribution in [3.8, 4) is 11.3 Å². The fourth-order valence-electron chi connectivity index (χ4n) is 2.87. The van der Waals surface area contributed by atoms with Gasteiger partial charge in [0.1, 0.15) is 6.33 Å². The van der Waals surface area contributed by atoms with E-state index in [-0.39, 0.29) is 24.5 Å². The van der Waals surface area contributed by atoms with Crippen LogP contribution in [-0.2, 0) is 4.79 Å². The number of hydrogen-bond acceptors (Lipinski definition) is 5. The summed E-state index contributed by atoms with van der Waals surface area (Å²) in [5.74, 6) is -0.330. The number of amides is 1. The van der Waals surface area contributed by atoms with Crippen LogP contribution in [0.1, 0.15) is 23.2 Å². The third-order valence-corrected chi connectivity index (χ3v) is 4.60. The summed E-state index contributed by atoms with van der Waals surface area (Å²) >= 11 is 5.83. The molecule has 0 aliphatic carbocycles. The lowest BCUT2D eigenvalue weighted by molar-refractivity contribution is -0.116. The number of fused-ring (bicyclic) bond motifs is 1. The van der Waals surface area contributed by atoms with Crippen molar-refractivity contribution in [3.05, 3.63) is 77.6 Å². The summed E-state index contributed by atoms with van der Waals surface area (Å²) in [5, 5.41) is 15.6. The summed E-state index contributed by atoms with van der Waals surface area (Å²) in [7, 11) is 0. The van der Waals surface area contributed by atoms with Gasteiger partial charge in [-0.2, -0.15) is 9.61 Å². The number of carbonyl (C=O) groups excluding carboxylic acids is 2. The van der Waals surface area contributed by atoms with E-state index < -0.39 is 0 Å². The van der Waals surface area contributed by atoms with Gasteiger partial charge in [0.05, 0.1) is 5.69 Å². The van der Waals surface area contributed by atoms with E-state index in [1.807, 2.05) is 30.3 Å². The van der Waals surface area contributed by atoms with E-state index in [9.17, 15) is 9.59 Å². The Morgan fingerprint density at radius 1 is 1.00 bits per heavy atom. The number of carbonyl (C=O) groups is 2. The van der Waals surface area contributed by atoms with Crippen molar-refractivity contribution < 1.29 is 9.59 Å². The van der Waals surface area contributed by atoms with Gasteiger partial charge in [0.15, 0.2) is 11.4 Å². The van der Waals surface area contributed by atoms with Gasteiger partial charge in [0, 0.05) is 34.7 Å². The van der Waals surface area contributed by atoms with Crippen LogP contribution < -0.4 is 5.32 Å². The van der Waals surface area contributed by atoms with Crippen LogP contribution in [0.25, 0.3) is 16.9 Å². The predicted molar refractivity (Wildman–Crippen MR) is 110 cm³/mol. The second-order valence-electron chi connectivity index (χ2n) is 6.41. The Morgan fingerprint density at radius 2 is 1.83 bits per heavy atom. The van der Waals surface area contributed by atoms with Crippen molar-refractivity contribution >= 4 is 34.6 Å². The van der Waals surface area contributed by atoms with Gasteiger partial charge in [-0.1, -0.05) is 23.7 Å². The number of benzene rings is 2. The first-order valence-electron chi connectivity index (χ1n) is 8.94. The first kappa shape index (κ1) is 18.8. The summed E-state index contributed by atoms with van der Waals surface area (Å²) in [5.41, 5.74) is 3.40. The molecule has 0 radical (unpaired) electrons. The molecule has 1 amide bonds. The predicted octanol–water partition coefficient (Wildman–Crippen LogP) is 4.05. The molecule has 7 nitrogen and oxygen atoms in total. The Labute approximate surface area is 171 Å². The molecule has 2 heterocycles. The standard InChI is InChI=1S/C21H16ClN5O2/c22-16-6-4-14(5-7-16)19(28)9-11-21(29)24-17-3-1-2-15(12-17)18-8-10-20-25-23-13-27(20)26-18/h1-8,10,12-13H,9,11H2,(H,24,29). The van der Waals surface area contributed by atoms with Crippen LogP contribution in [0.4, 0.5) is 5.69 Å². The lowest BCUT2D eigenvalue weighted by Gasteiger charge is -2.08. The van der Waals surface area contributed by atoms with Crippen LogP contribution >= 0.6 is 11.6 Å². The number of Topliss-reactive ketones (excluding diaryl/α,β-unsaturated/α-hetero) is 1. The quantitative estimate of drug-likeness (QED) is 0.489. The van der Waals surface area contributed by atoms with Crippen LogP contribution in [0.2, 0.25) is 5.02 Å². The fourth-order valence-corrected chi connectivity index (χ4v) is 3.00. The smallest absolute Gasteiger partial charge is 0.224 e. The molecule has 0 aliphatic rings. The molecule has 0 bridgehead atoms. The number of anilines is 1. The largest absolute Gasteiger partial charge is 0.326 e. The summed E-state index contributed by atoms with van der Waals surface area (Å²) < 4.78 is 1.59. The Bertz CT molecular complexity index is 1190. The van der Waals surface area contributed by atoms with E-state index in [0.717, 1.165) is 11.3 Å². The molecule has 144 valence electrons. The highest BCUT2D eigenvalue weighted by Crippen LogP contribution is 2.21. The van der Waals surface area contributed by atoms with Crippen LogP contribution in [0.3, 0.4) is 0 Å². The normalized spacial score (nSPS) is 10.8. The van der Waals surface area contributed by atoms with E-state index >= 15 is 0 Å². The summed E-state index contributed by atoms with van der Waals surface area (Å²) in [4.78, 5) is 24.5. The van der Waals surface area contributed by atoms with Crippen molar-refractivity contribution in [1.29, 1.82) is 0 Å². The van der Waals surface area contributed by atoms with Gasteiger partial charge < -0.3 is 5.32 Å². The number of nitrogens with zero attached hydrogens (tertiary/aromatic N) is 4. The van der Waals surface area contributed by atoms with Crippen molar-refractivity contribution in [2.45, 2.75) is 12.8 Å². The Hall–Kier alpha value is -3.58. The third kappa shape index (κ3) is 4.47. The van der Waals surface area contributed by atoms with Crippen LogP contribution in [0.5, 0.6) is 0 Å². The number of aromatic nitrogens is 4. The lowest BCUT2D eigenvalue weighted by Crippen LogP contribution is -2.13. The maximum absolute atomic E-state index is 12.3. The molecule has 1 N–H and O–H groups in total. The molecular weight excluding hydrogens is 390 g/mol. The topological polar surface area (TPSA) is 89.2 Å². The molecule has 4 aromatic rings. The minimum atomic E-state index is -0.230. The molecule has 0 saturated carbocycles. The molecule has 0 atom stereocenters. The lowest BCUT2D eigenvalue weighted by atomic mass is 10.1. The highest BCUT2D eigenvalue weighted by Gasteiger charge is 2.10. The van der Waals surface area contributed by atoms with Crippen LogP contribution in [0.15, 0.2) is 67.0 Å². The summed E-state index contributed by atoms with van der Waals surface area (Å²) in [6.45, 7) is 0. The van der Waals surface area contributed by atoms with Crippen molar-refractivity contribution in [1.82, 2.24) is 19.8 Å².